The first kappa shape index (κ1) is 21.8. The zero-order valence-corrected chi connectivity index (χ0v) is 16.4. The number of aromatic nitrogens is 2. The van der Waals surface area contributed by atoms with Crippen LogP contribution in [-0.2, 0) is 0 Å². The number of carbonyl (C=O) groups excluding carboxylic acids is 2. The van der Waals surface area contributed by atoms with Crippen LogP contribution in [0.4, 0.5) is 28.7 Å². The average molecular weight is 437 g/mol. The Hall–Kier alpha value is -4.94. The summed E-state index contributed by atoms with van der Waals surface area (Å²) in [6.45, 7) is 1.41. The smallest absolute Gasteiger partial charge is 0.334 e. The number of Topliss-reactive ketones (excluding diaryl/α,β-unsaturated/α-hetero) is 1. The Morgan fingerprint density at radius 2 is 1.56 bits per heavy atom. The second-order valence-corrected chi connectivity index (χ2v) is 6.29. The highest BCUT2D eigenvalue weighted by atomic mass is 16.6. The molecule has 3 rings (SSSR count). The van der Waals surface area contributed by atoms with E-state index in [4.69, 9.17) is 0 Å². The van der Waals surface area contributed by atoms with Crippen LogP contribution in [0.15, 0.2) is 54.9 Å². The Bertz CT molecular complexity index is 1210. The molecule has 0 saturated heterocycles. The van der Waals surface area contributed by atoms with E-state index in [1.165, 1.54) is 25.1 Å². The van der Waals surface area contributed by atoms with Crippen LogP contribution >= 0.6 is 0 Å². The van der Waals surface area contributed by atoms with Gasteiger partial charge >= 0.3 is 5.69 Å². The maximum atomic E-state index is 12.4. The average Bonchev–Trinajstić information content (AvgIpc) is 2.77. The van der Waals surface area contributed by atoms with Crippen molar-refractivity contribution >= 4 is 40.4 Å². The van der Waals surface area contributed by atoms with Crippen LogP contribution in [0.3, 0.4) is 0 Å². The van der Waals surface area contributed by atoms with E-state index in [0.29, 0.717) is 11.3 Å². The zero-order chi connectivity index (χ0) is 23.3. The monoisotopic (exact) mass is 437 g/mol. The highest BCUT2D eigenvalue weighted by molar-refractivity contribution is 5.99. The fraction of sp³-hybridized carbons (Fsp3) is 0.0526. The molecule has 0 saturated carbocycles. The molecule has 0 spiro atoms. The number of amides is 1. The number of carbonyl (C=O) groups is 2. The lowest BCUT2D eigenvalue weighted by molar-refractivity contribution is -0.385. The van der Waals surface area contributed by atoms with E-state index in [-0.39, 0.29) is 23.0 Å². The second kappa shape index (κ2) is 9.25. The number of hydrogen-bond acceptors (Lipinski definition) is 10. The Kier molecular flexibility index (Phi) is 6.29. The van der Waals surface area contributed by atoms with Gasteiger partial charge in [-0.2, -0.15) is 0 Å². The van der Waals surface area contributed by atoms with Gasteiger partial charge in [-0.15, -0.1) is 0 Å². The molecule has 0 aliphatic carbocycles. The Labute approximate surface area is 179 Å². The zero-order valence-electron chi connectivity index (χ0n) is 16.4. The van der Waals surface area contributed by atoms with E-state index in [0.717, 1.165) is 12.4 Å². The molecule has 0 unspecified atom stereocenters. The summed E-state index contributed by atoms with van der Waals surface area (Å²) in [5.74, 6) is -1.55. The van der Waals surface area contributed by atoms with Crippen molar-refractivity contribution < 1.29 is 19.4 Å². The van der Waals surface area contributed by atoms with Crippen LogP contribution in [0.1, 0.15) is 27.6 Å². The first-order valence-electron chi connectivity index (χ1n) is 8.95. The van der Waals surface area contributed by atoms with Gasteiger partial charge < -0.3 is 5.32 Å². The molecular formula is C19H15N7O6. The molecule has 0 atom stereocenters. The second-order valence-electron chi connectivity index (χ2n) is 6.29. The number of nitro benzene ring substituents is 1. The van der Waals surface area contributed by atoms with Gasteiger partial charge in [0.05, 0.1) is 9.85 Å². The molecule has 2 aromatic carbocycles. The maximum Gasteiger partial charge on any atom is 0.355 e. The molecule has 162 valence electrons. The molecule has 0 radical (unpaired) electrons. The van der Waals surface area contributed by atoms with Crippen molar-refractivity contribution in [2.24, 2.45) is 0 Å². The summed E-state index contributed by atoms with van der Waals surface area (Å²) in [5.41, 5.74) is 4.11. The number of nitro groups is 2. The van der Waals surface area contributed by atoms with Gasteiger partial charge in [-0.3, -0.25) is 40.7 Å². The number of benzene rings is 2. The first-order chi connectivity index (χ1) is 15.3. The number of ketones is 1. The topological polar surface area (TPSA) is 182 Å². The summed E-state index contributed by atoms with van der Waals surface area (Å²) in [6, 6.07) is 11.4. The van der Waals surface area contributed by atoms with Crippen molar-refractivity contribution in [3.63, 3.8) is 0 Å². The number of para-hydroxylation sites is 1. The molecule has 1 heterocycles. The summed E-state index contributed by atoms with van der Waals surface area (Å²) in [4.78, 5) is 52.6. The summed E-state index contributed by atoms with van der Waals surface area (Å²) in [7, 11) is 0. The van der Waals surface area contributed by atoms with Gasteiger partial charge in [0.15, 0.2) is 5.78 Å². The molecule has 0 aliphatic heterocycles. The quantitative estimate of drug-likeness (QED) is 0.269. The van der Waals surface area contributed by atoms with Crippen molar-refractivity contribution in [2.75, 3.05) is 10.7 Å². The minimum atomic E-state index is -0.889. The molecule has 13 heteroatoms. The first-order valence-corrected chi connectivity index (χ1v) is 8.95. The predicted molar refractivity (Wildman–Crippen MR) is 113 cm³/mol. The van der Waals surface area contributed by atoms with Gasteiger partial charge in [0.1, 0.15) is 11.9 Å². The Balaban J connectivity index is 1.83. The summed E-state index contributed by atoms with van der Waals surface area (Å²) in [5, 5.41) is 25.5. The molecule has 3 aromatic rings. The lowest BCUT2D eigenvalue weighted by Crippen LogP contribution is -2.30. The lowest BCUT2D eigenvalue weighted by Gasteiger charge is -2.11. The van der Waals surface area contributed by atoms with E-state index in [2.05, 4.69) is 26.1 Å². The van der Waals surface area contributed by atoms with E-state index >= 15 is 0 Å². The number of hydrogen-bond donors (Lipinski definition) is 3. The van der Waals surface area contributed by atoms with E-state index in [9.17, 15) is 29.8 Å². The third-order valence-electron chi connectivity index (χ3n) is 4.20. The number of nitrogens with zero attached hydrogens (tertiary/aromatic N) is 4. The molecule has 1 amide bonds. The molecule has 32 heavy (non-hydrogen) atoms. The van der Waals surface area contributed by atoms with E-state index in [1.807, 2.05) is 0 Å². The normalized spacial score (nSPS) is 10.2. The fourth-order valence-corrected chi connectivity index (χ4v) is 2.67. The van der Waals surface area contributed by atoms with Crippen LogP contribution in [0, 0.1) is 20.2 Å². The molecule has 0 aliphatic rings. The molecule has 0 bridgehead atoms. The van der Waals surface area contributed by atoms with Crippen LogP contribution in [0.5, 0.6) is 0 Å². The van der Waals surface area contributed by atoms with Crippen LogP contribution in [-0.4, -0.2) is 31.5 Å². The Morgan fingerprint density at radius 3 is 2.19 bits per heavy atom. The van der Waals surface area contributed by atoms with Crippen molar-refractivity contribution in [2.45, 2.75) is 6.92 Å². The summed E-state index contributed by atoms with van der Waals surface area (Å²) >= 11 is 0. The minimum Gasteiger partial charge on any atom is -0.334 e. The van der Waals surface area contributed by atoms with Gasteiger partial charge in [0, 0.05) is 17.3 Å². The van der Waals surface area contributed by atoms with Gasteiger partial charge in [-0.1, -0.05) is 12.1 Å². The predicted octanol–water partition coefficient (Wildman–Crippen LogP) is 3.00. The number of nitrogens with one attached hydrogen (secondary N) is 3. The molecule has 3 N–H and O–H groups in total. The number of hydrazine groups is 1. The van der Waals surface area contributed by atoms with Crippen molar-refractivity contribution in [3.05, 3.63) is 86.2 Å². The third kappa shape index (κ3) is 4.79. The molecule has 1 aromatic heterocycles. The van der Waals surface area contributed by atoms with Crippen LogP contribution in [0.25, 0.3) is 0 Å². The van der Waals surface area contributed by atoms with Crippen molar-refractivity contribution in [3.8, 4) is 0 Å². The SMILES string of the molecule is CC(=O)c1ccc(Nc2ncnc(NNC(=O)c3ccccc3[N+](=O)[O-])c2[N+](=O)[O-])cc1. The van der Waals surface area contributed by atoms with Gasteiger partial charge in [0.2, 0.25) is 11.6 Å². The largest absolute Gasteiger partial charge is 0.355 e. The highest BCUT2D eigenvalue weighted by Crippen LogP contribution is 2.31. The van der Waals surface area contributed by atoms with Crippen molar-refractivity contribution in [1.29, 1.82) is 0 Å². The minimum absolute atomic E-state index is 0.134. The lowest BCUT2D eigenvalue weighted by atomic mass is 10.1. The summed E-state index contributed by atoms with van der Waals surface area (Å²) < 4.78 is 0. The van der Waals surface area contributed by atoms with Crippen LogP contribution < -0.4 is 16.2 Å². The maximum absolute atomic E-state index is 12.4. The van der Waals surface area contributed by atoms with Gasteiger partial charge in [-0.25, -0.2) is 9.97 Å². The standard InChI is InChI=1S/C19H15N7O6/c1-11(27)12-6-8-13(9-7-12)22-17-16(26(31)32)18(21-10-20-17)23-24-19(28)14-4-2-3-5-15(14)25(29)30/h2-10H,1H3,(H,24,28)(H2,20,21,22,23). The molecule has 13 nitrogen and oxygen atoms in total. The van der Waals surface area contributed by atoms with Gasteiger partial charge in [-0.05, 0) is 37.3 Å². The number of anilines is 3. The van der Waals surface area contributed by atoms with E-state index in [1.54, 1.807) is 24.3 Å². The fourth-order valence-electron chi connectivity index (χ4n) is 2.67. The third-order valence-corrected chi connectivity index (χ3v) is 4.20. The van der Waals surface area contributed by atoms with Gasteiger partial charge in [0.25, 0.3) is 11.6 Å². The highest BCUT2D eigenvalue weighted by Gasteiger charge is 2.25. The van der Waals surface area contributed by atoms with E-state index < -0.39 is 27.1 Å². The van der Waals surface area contributed by atoms with Crippen molar-refractivity contribution in [1.82, 2.24) is 15.4 Å². The van der Waals surface area contributed by atoms with Crippen LogP contribution in [0.2, 0.25) is 0 Å². The molecular weight excluding hydrogens is 422 g/mol. The summed E-state index contributed by atoms with van der Waals surface area (Å²) in [6.07, 6.45) is 1.03. The number of rotatable bonds is 8. The Morgan fingerprint density at radius 1 is 0.906 bits per heavy atom. The molecule has 0 fully saturated rings.